The van der Waals surface area contributed by atoms with E-state index < -0.39 is 0 Å². The number of hydrogen-bond donors (Lipinski definition) is 3. The molecule has 0 aliphatic rings. The Morgan fingerprint density at radius 1 is 1.32 bits per heavy atom. The van der Waals surface area contributed by atoms with E-state index in [1.165, 1.54) is 11.8 Å². The molecule has 0 bridgehead atoms. The lowest BCUT2D eigenvalue weighted by Crippen LogP contribution is -2.49. The molecule has 0 saturated heterocycles. The maximum absolute atomic E-state index is 11.7. The summed E-state index contributed by atoms with van der Waals surface area (Å²) in [5.41, 5.74) is 5.81. The van der Waals surface area contributed by atoms with E-state index in [1.54, 1.807) is 24.3 Å². The second-order valence-corrected chi connectivity index (χ2v) is 5.68. The maximum Gasteiger partial charge on any atom is 0.230 e. The molecule has 19 heavy (non-hydrogen) atoms. The first-order valence-electron chi connectivity index (χ1n) is 6.46. The topological polar surface area (TPSA) is 75.3 Å². The number of carbonyl (C=O) groups excluding carboxylic acids is 1. The molecule has 0 aromatic heterocycles. The van der Waals surface area contributed by atoms with Gasteiger partial charge in [-0.1, -0.05) is 13.8 Å². The first-order valence-corrected chi connectivity index (χ1v) is 7.45. The third kappa shape index (κ3) is 5.53. The molecule has 0 atom stereocenters. The fraction of sp³-hybridized carbons (Fsp3) is 0.500. The van der Waals surface area contributed by atoms with Crippen LogP contribution in [-0.4, -0.2) is 28.9 Å². The van der Waals surface area contributed by atoms with Gasteiger partial charge in [0, 0.05) is 17.0 Å². The SMILES string of the molecule is CCC(N)(CC)CNC(=O)CSc1ccc(O)cc1. The van der Waals surface area contributed by atoms with Gasteiger partial charge in [0.05, 0.1) is 5.75 Å². The zero-order chi connectivity index (χ0) is 14.3. The molecular formula is C14H22N2O2S. The highest BCUT2D eigenvalue weighted by Gasteiger charge is 2.20. The summed E-state index contributed by atoms with van der Waals surface area (Å²) in [7, 11) is 0. The summed E-state index contributed by atoms with van der Waals surface area (Å²) in [5.74, 6) is 0.566. The smallest absolute Gasteiger partial charge is 0.230 e. The van der Waals surface area contributed by atoms with Crippen LogP contribution in [0.25, 0.3) is 0 Å². The van der Waals surface area contributed by atoms with Crippen LogP contribution in [0.1, 0.15) is 26.7 Å². The van der Waals surface area contributed by atoms with Crippen molar-refractivity contribution in [2.75, 3.05) is 12.3 Å². The van der Waals surface area contributed by atoms with Crippen molar-refractivity contribution in [1.29, 1.82) is 0 Å². The average Bonchev–Trinajstić information content (AvgIpc) is 2.44. The number of aromatic hydroxyl groups is 1. The highest BCUT2D eigenvalue weighted by molar-refractivity contribution is 8.00. The lowest BCUT2D eigenvalue weighted by Gasteiger charge is -2.26. The Balaban J connectivity index is 2.34. The van der Waals surface area contributed by atoms with Gasteiger partial charge in [-0.2, -0.15) is 0 Å². The molecule has 1 rings (SSSR count). The molecule has 5 heteroatoms. The lowest BCUT2D eigenvalue weighted by molar-refractivity contribution is -0.118. The highest BCUT2D eigenvalue weighted by atomic mass is 32.2. The summed E-state index contributed by atoms with van der Waals surface area (Å²) in [6.45, 7) is 4.57. The van der Waals surface area contributed by atoms with Crippen molar-refractivity contribution in [1.82, 2.24) is 5.32 Å². The van der Waals surface area contributed by atoms with Gasteiger partial charge in [0.1, 0.15) is 5.75 Å². The molecule has 4 nitrogen and oxygen atoms in total. The number of carbonyl (C=O) groups is 1. The number of thioether (sulfide) groups is 1. The molecule has 0 saturated carbocycles. The van der Waals surface area contributed by atoms with Crippen molar-refractivity contribution < 1.29 is 9.90 Å². The Labute approximate surface area is 118 Å². The summed E-state index contributed by atoms with van der Waals surface area (Å²) in [6.07, 6.45) is 1.68. The number of amides is 1. The fourth-order valence-corrected chi connectivity index (χ4v) is 2.25. The highest BCUT2D eigenvalue weighted by Crippen LogP contribution is 2.20. The summed E-state index contributed by atoms with van der Waals surface area (Å²) in [4.78, 5) is 12.7. The standard InChI is InChI=1S/C14H22N2O2S/c1-3-14(15,4-2)10-16-13(18)9-19-12-7-5-11(17)6-8-12/h5-8,17H,3-4,9-10,15H2,1-2H3,(H,16,18). The van der Waals surface area contributed by atoms with Crippen LogP contribution in [0.5, 0.6) is 5.75 Å². The van der Waals surface area contributed by atoms with E-state index in [0.29, 0.717) is 12.3 Å². The normalized spacial score (nSPS) is 11.3. The number of nitrogens with two attached hydrogens (primary N) is 1. The van der Waals surface area contributed by atoms with E-state index >= 15 is 0 Å². The Morgan fingerprint density at radius 3 is 2.42 bits per heavy atom. The largest absolute Gasteiger partial charge is 0.508 e. The minimum Gasteiger partial charge on any atom is -0.508 e. The molecule has 0 spiro atoms. The van der Waals surface area contributed by atoms with Crippen molar-refractivity contribution in [2.45, 2.75) is 37.1 Å². The average molecular weight is 282 g/mol. The summed E-state index contributed by atoms with van der Waals surface area (Å²) >= 11 is 1.44. The minimum absolute atomic E-state index is 0.0187. The van der Waals surface area contributed by atoms with Crippen LogP contribution in [-0.2, 0) is 4.79 Å². The second kappa shape index (κ2) is 7.40. The van der Waals surface area contributed by atoms with Crippen molar-refractivity contribution in [3.05, 3.63) is 24.3 Å². The molecule has 0 radical (unpaired) electrons. The predicted octanol–water partition coefficient (Wildman–Crippen LogP) is 2.12. The van der Waals surface area contributed by atoms with Crippen LogP contribution in [0.4, 0.5) is 0 Å². The van der Waals surface area contributed by atoms with Gasteiger partial charge in [-0.3, -0.25) is 4.79 Å². The second-order valence-electron chi connectivity index (χ2n) is 4.63. The third-order valence-electron chi connectivity index (χ3n) is 3.25. The van der Waals surface area contributed by atoms with Crippen molar-refractivity contribution >= 4 is 17.7 Å². The number of phenols is 1. The summed E-state index contributed by atoms with van der Waals surface area (Å²) in [5, 5.41) is 12.0. The van der Waals surface area contributed by atoms with Gasteiger partial charge in [0.15, 0.2) is 0 Å². The molecule has 1 aromatic rings. The van der Waals surface area contributed by atoms with Gasteiger partial charge >= 0.3 is 0 Å². The van der Waals surface area contributed by atoms with E-state index in [-0.39, 0.29) is 17.2 Å². The predicted molar refractivity (Wildman–Crippen MR) is 79.3 cm³/mol. The molecule has 0 unspecified atom stereocenters. The number of rotatable bonds is 7. The zero-order valence-electron chi connectivity index (χ0n) is 11.5. The number of phenolic OH excluding ortho intramolecular Hbond substituents is 1. The van der Waals surface area contributed by atoms with Crippen molar-refractivity contribution in [3.8, 4) is 5.75 Å². The van der Waals surface area contributed by atoms with E-state index in [4.69, 9.17) is 10.8 Å². The van der Waals surface area contributed by atoms with Crippen molar-refractivity contribution in [2.24, 2.45) is 5.73 Å². The molecule has 0 heterocycles. The molecule has 0 fully saturated rings. The van der Waals surface area contributed by atoms with Crippen LogP contribution in [0.3, 0.4) is 0 Å². The van der Waals surface area contributed by atoms with Gasteiger partial charge in [0.25, 0.3) is 0 Å². The van der Waals surface area contributed by atoms with E-state index in [1.807, 2.05) is 13.8 Å². The number of hydrogen-bond acceptors (Lipinski definition) is 4. The van der Waals surface area contributed by atoms with Crippen LogP contribution >= 0.6 is 11.8 Å². The number of benzene rings is 1. The lowest BCUT2D eigenvalue weighted by atomic mass is 9.94. The number of nitrogens with one attached hydrogen (secondary N) is 1. The van der Waals surface area contributed by atoms with Crippen LogP contribution in [0.15, 0.2) is 29.2 Å². The monoisotopic (exact) mass is 282 g/mol. The Bertz CT molecular complexity index is 402. The molecule has 1 aromatic carbocycles. The van der Waals surface area contributed by atoms with Gasteiger partial charge in [-0.15, -0.1) is 11.8 Å². The minimum atomic E-state index is -0.307. The van der Waals surface area contributed by atoms with Crippen LogP contribution in [0, 0.1) is 0 Å². The molecule has 4 N–H and O–H groups in total. The summed E-state index contributed by atoms with van der Waals surface area (Å²) < 4.78 is 0. The van der Waals surface area contributed by atoms with Gasteiger partial charge < -0.3 is 16.2 Å². The van der Waals surface area contributed by atoms with E-state index in [9.17, 15) is 4.79 Å². The van der Waals surface area contributed by atoms with E-state index in [2.05, 4.69) is 5.32 Å². The quantitative estimate of drug-likeness (QED) is 0.670. The molecule has 0 aliphatic carbocycles. The Morgan fingerprint density at radius 2 is 1.89 bits per heavy atom. The Hall–Kier alpha value is -1.20. The molecule has 106 valence electrons. The molecular weight excluding hydrogens is 260 g/mol. The van der Waals surface area contributed by atoms with E-state index in [0.717, 1.165) is 17.7 Å². The summed E-state index contributed by atoms with van der Waals surface area (Å²) in [6, 6.07) is 6.80. The van der Waals surface area contributed by atoms with Crippen LogP contribution in [0.2, 0.25) is 0 Å². The van der Waals surface area contributed by atoms with Crippen LogP contribution < -0.4 is 11.1 Å². The van der Waals surface area contributed by atoms with Crippen molar-refractivity contribution in [3.63, 3.8) is 0 Å². The first kappa shape index (κ1) is 15.9. The Kier molecular flexibility index (Phi) is 6.18. The first-order chi connectivity index (χ1) is 8.99. The molecule has 0 aliphatic heterocycles. The van der Waals surface area contributed by atoms with Gasteiger partial charge in [-0.05, 0) is 37.1 Å². The third-order valence-corrected chi connectivity index (χ3v) is 4.26. The van der Waals surface area contributed by atoms with Gasteiger partial charge in [-0.25, -0.2) is 0 Å². The van der Waals surface area contributed by atoms with Gasteiger partial charge in [0.2, 0.25) is 5.91 Å². The molecule has 1 amide bonds. The maximum atomic E-state index is 11.7. The zero-order valence-corrected chi connectivity index (χ0v) is 12.3. The fourth-order valence-electron chi connectivity index (χ4n) is 1.52.